The van der Waals surface area contributed by atoms with Crippen LogP contribution in [0.25, 0.3) is 112 Å². The number of hydrogen-bond acceptors (Lipinski definition) is 6. The molecule has 0 amide bonds. The van der Waals surface area contributed by atoms with E-state index in [1.54, 1.807) is 0 Å². The summed E-state index contributed by atoms with van der Waals surface area (Å²) in [4.78, 5) is 15.8. The van der Waals surface area contributed by atoms with Crippen molar-refractivity contribution in [1.29, 1.82) is 0 Å². The predicted molar refractivity (Wildman–Crippen MR) is 270 cm³/mol. The van der Waals surface area contributed by atoms with E-state index < -0.39 is 0 Å². The minimum atomic E-state index is 0.336. The number of nitrogens with zero attached hydrogens (tertiary/aromatic N) is 3. The summed E-state index contributed by atoms with van der Waals surface area (Å²) in [5, 5.41) is 5.26. The van der Waals surface area contributed by atoms with Crippen molar-refractivity contribution in [2.45, 2.75) is 38.0 Å². The van der Waals surface area contributed by atoms with Gasteiger partial charge in [-0.05, 0) is 125 Å². The first-order valence-corrected chi connectivity index (χ1v) is 23.2. The standard InChI is InChI=1S/C61H41N3O3/c1-35-42-26-22-37(30-50(42)43-15-6-5-14-39(43)32-49(35)36-12-3-2-4-13-36)38-25-29-54-51(31-38)58-48(18-11-21-55(58)65-54)61-63-59(40-23-27-46-44-16-7-9-19-52(44)66-56(46)33-40)62-60(64-61)41-24-28-47-45-17-8-10-20-53(45)67-57(47)34-41/h2-23,25-27,29-31,33-35,49H,24,28,32H2,1H3. The first-order valence-electron chi connectivity index (χ1n) is 23.2. The number of para-hydroxylation sites is 2. The fourth-order valence-electron chi connectivity index (χ4n) is 11.0. The van der Waals surface area contributed by atoms with Gasteiger partial charge in [0.15, 0.2) is 17.5 Å². The summed E-state index contributed by atoms with van der Waals surface area (Å²) < 4.78 is 19.4. The van der Waals surface area contributed by atoms with Crippen molar-refractivity contribution in [2.24, 2.45) is 0 Å². The molecule has 0 N–H and O–H groups in total. The molecule has 318 valence electrons. The third-order valence-electron chi connectivity index (χ3n) is 14.4. The Balaban J connectivity index is 0.925. The molecule has 4 aromatic heterocycles. The molecule has 0 spiro atoms. The Kier molecular flexibility index (Phi) is 8.41. The van der Waals surface area contributed by atoms with Gasteiger partial charge in [-0.1, -0.05) is 134 Å². The maximum absolute atomic E-state index is 6.63. The second-order valence-corrected chi connectivity index (χ2v) is 18.2. The summed E-state index contributed by atoms with van der Waals surface area (Å²) in [6.45, 7) is 2.39. The highest BCUT2D eigenvalue weighted by Crippen LogP contribution is 2.47. The molecule has 0 aliphatic heterocycles. The predicted octanol–water partition coefficient (Wildman–Crippen LogP) is 16.0. The van der Waals surface area contributed by atoms with Crippen LogP contribution in [0, 0.1) is 0 Å². The Morgan fingerprint density at radius 2 is 1.12 bits per heavy atom. The summed E-state index contributed by atoms with van der Waals surface area (Å²) in [5.41, 5.74) is 17.1. The third-order valence-corrected chi connectivity index (χ3v) is 14.4. The van der Waals surface area contributed by atoms with Crippen LogP contribution >= 0.6 is 0 Å². The maximum atomic E-state index is 6.63. The number of rotatable bonds is 5. The van der Waals surface area contributed by atoms with Gasteiger partial charge in [-0.25, -0.2) is 15.0 Å². The van der Waals surface area contributed by atoms with E-state index in [0.29, 0.717) is 29.3 Å². The van der Waals surface area contributed by atoms with Crippen LogP contribution in [-0.4, -0.2) is 15.0 Å². The average molecular weight is 864 g/mol. The average Bonchev–Trinajstić information content (AvgIpc) is 4.06. The molecule has 6 heteroatoms. The van der Waals surface area contributed by atoms with Crippen LogP contribution in [-0.2, 0) is 12.8 Å². The third kappa shape index (κ3) is 6.13. The van der Waals surface area contributed by atoms with Crippen molar-refractivity contribution in [1.82, 2.24) is 15.0 Å². The SMILES string of the molecule is CC1c2ccc(-c3ccc4oc5cccc(-c6nc(C7=Cc8oc9ccccc9c8CC7)nc(-c7ccc8c(c7)oc7ccccc78)n6)c5c4c3)cc2-c2ccccc2CC1c1ccccc1. The fourth-order valence-corrected chi connectivity index (χ4v) is 11.0. The molecule has 0 radical (unpaired) electrons. The first-order chi connectivity index (χ1) is 33.1. The largest absolute Gasteiger partial charge is 0.456 e. The molecule has 14 rings (SSSR count). The zero-order valence-electron chi connectivity index (χ0n) is 36.7. The Hall–Kier alpha value is -8.35. The molecule has 0 saturated carbocycles. The number of allylic oxidation sites excluding steroid dienone is 1. The number of aromatic nitrogens is 3. The zero-order chi connectivity index (χ0) is 44.2. The van der Waals surface area contributed by atoms with Gasteiger partial charge in [-0.2, -0.15) is 0 Å². The minimum Gasteiger partial charge on any atom is -0.456 e. The van der Waals surface area contributed by atoms with Crippen molar-refractivity contribution in [3.05, 3.63) is 210 Å². The van der Waals surface area contributed by atoms with E-state index in [9.17, 15) is 0 Å². The van der Waals surface area contributed by atoms with Crippen molar-refractivity contribution in [3.8, 4) is 45.0 Å². The summed E-state index contributed by atoms with van der Waals surface area (Å²) in [7, 11) is 0. The maximum Gasteiger partial charge on any atom is 0.164 e. The lowest BCUT2D eigenvalue weighted by Crippen LogP contribution is -2.10. The molecule has 67 heavy (non-hydrogen) atoms. The van der Waals surface area contributed by atoms with Gasteiger partial charge in [0.1, 0.15) is 33.7 Å². The Labute approximate surface area is 385 Å². The van der Waals surface area contributed by atoms with E-state index in [4.69, 9.17) is 28.2 Å². The van der Waals surface area contributed by atoms with Crippen molar-refractivity contribution in [3.63, 3.8) is 0 Å². The highest BCUT2D eigenvalue weighted by Gasteiger charge is 2.29. The van der Waals surface area contributed by atoms with Crippen molar-refractivity contribution < 1.29 is 13.3 Å². The quantitative estimate of drug-likeness (QED) is 0.171. The molecular formula is C61H41N3O3. The number of fused-ring (bicyclic) bond motifs is 12. The Morgan fingerprint density at radius 3 is 2.03 bits per heavy atom. The van der Waals surface area contributed by atoms with E-state index in [1.165, 1.54) is 33.4 Å². The van der Waals surface area contributed by atoms with E-state index in [2.05, 4.69) is 140 Å². The van der Waals surface area contributed by atoms with Crippen LogP contribution in [0.3, 0.4) is 0 Å². The summed E-state index contributed by atoms with van der Waals surface area (Å²) >= 11 is 0. The van der Waals surface area contributed by atoms with Gasteiger partial charge in [-0.15, -0.1) is 0 Å². The minimum absolute atomic E-state index is 0.336. The van der Waals surface area contributed by atoms with E-state index in [0.717, 1.165) is 108 Å². The van der Waals surface area contributed by atoms with Gasteiger partial charge >= 0.3 is 0 Å². The molecule has 6 nitrogen and oxygen atoms in total. The second-order valence-electron chi connectivity index (χ2n) is 18.2. The summed E-state index contributed by atoms with van der Waals surface area (Å²) in [6, 6.07) is 62.4. The van der Waals surface area contributed by atoms with Gasteiger partial charge in [0.2, 0.25) is 0 Å². The number of furan rings is 3. The van der Waals surface area contributed by atoms with Gasteiger partial charge < -0.3 is 13.3 Å². The molecule has 2 aliphatic carbocycles. The van der Waals surface area contributed by atoms with Gasteiger partial charge in [0.05, 0.1) is 0 Å². The Morgan fingerprint density at radius 1 is 0.448 bits per heavy atom. The van der Waals surface area contributed by atoms with Crippen LogP contribution in [0.2, 0.25) is 0 Å². The lowest BCUT2D eigenvalue weighted by atomic mass is 9.80. The lowest BCUT2D eigenvalue weighted by Gasteiger charge is -2.24. The van der Waals surface area contributed by atoms with Crippen LogP contribution in [0.15, 0.2) is 189 Å². The first kappa shape index (κ1) is 38.0. The molecule has 12 aromatic rings. The van der Waals surface area contributed by atoms with Gasteiger partial charge in [-0.3, -0.25) is 0 Å². The molecule has 2 aliphatic rings. The molecule has 2 unspecified atom stereocenters. The summed E-state index contributed by atoms with van der Waals surface area (Å²) in [5.74, 6) is 3.33. The van der Waals surface area contributed by atoms with Gasteiger partial charge in [0, 0.05) is 49.2 Å². The molecule has 8 aromatic carbocycles. The summed E-state index contributed by atoms with van der Waals surface area (Å²) in [6.07, 6.45) is 4.70. The van der Waals surface area contributed by atoms with Crippen LogP contribution in [0.1, 0.15) is 59.0 Å². The smallest absolute Gasteiger partial charge is 0.164 e. The topological polar surface area (TPSA) is 78.1 Å². The van der Waals surface area contributed by atoms with Gasteiger partial charge in [0.25, 0.3) is 0 Å². The highest BCUT2D eigenvalue weighted by molar-refractivity contribution is 6.13. The zero-order valence-corrected chi connectivity index (χ0v) is 36.7. The molecule has 2 atom stereocenters. The molecule has 0 saturated heterocycles. The molecule has 0 bridgehead atoms. The number of hydrogen-bond donors (Lipinski definition) is 0. The second kappa shape index (κ2) is 14.8. The monoisotopic (exact) mass is 863 g/mol. The Bertz CT molecular complexity index is 4000. The van der Waals surface area contributed by atoms with Crippen LogP contribution in [0.4, 0.5) is 0 Å². The molecular weight excluding hydrogens is 823 g/mol. The van der Waals surface area contributed by atoms with Crippen molar-refractivity contribution in [2.75, 3.05) is 0 Å². The lowest BCUT2D eigenvalue weighted by molar-refractivity contribution is 0.579. The normalized spacial score (nSPS) is 15.7. The van der Waals surface area contributed by atoms with E-state index in [-0.39, 0.29) is 0 Å². The highest BCUT2D eigenvalue weighted by atomic mass is 16.3. The number of benzene rings is 8. The number of aryl methyl sites for hydroxylation is 1. The van der Waals surface area contributed by atoms with E-state index in [1.807, 2.05) is 48.5 Å². The van der Waals surface area contributed by atoms with Crippen LogP contribution < -0.4 is 0 Å². The molecule has 0 fully saturated rings. The van der Waals surface area contributed by atoms with Crippen molar-refractivity contribution >= 4 is 66.5 Å². The van der Waals surface area contributed by atoms with Crippen LogP contribution in [0.5, 0.6) is 0 Å². The van der Waals surface area contributed by atoms with E-state index >= 15 is 0 Å². The fraction of sp³-hybridized carbons (Fsp3) is 0.0984. The molecule has 4 heterocycles.